The number of benzene rings is 1. The van der Waals surface area contributed by atoms with Crippen LogP contribution in [0, 0.1) is 5.82 Å². The summed E-state index contributed by atoms with van der Waals surface area (Å²) in [5.41, 5.74) is 0.293. The zero-order valence-electron chi connectivity index (χ0n) is 16.4. The summed E-state index contributed by atoms with van der Waals surface area (Å²) in [5, 5.41) is 6.25. The van der Waals surface area contributed by atoms with Gasteiger partial charge >= 0.3 is 0 Å². The van der Waals surface area contributed by atoms with Gasteiger partial charge < -0.3 is 9.84 Å². The van der Waals surface area contributed by atoms with E-state index in [0.717, 1.165) is 12.1 Å². The molecule has 0 bridgehead atoms. The molecule has 2 rings (SSSR count). The smallest absolute Gasteiger partial charge is 0.290 e. The lowest BCUT2D eigenvalue weighted by Crippen LogP contribution is -2.44. The predicted molar refractivity (Wildman–Crippen MR) is 104 cm³/mol. The number of hydrogen-bond donors (Lipinski definition) is 3. The van der Waals surface area contributed by atoms with Crippen molar-refractivity contribution in [3.63, 3.8) is 0 Å². The van der Waals surface area contributed by atoms with Crippen molar-refractivity contribution in [3.05, 3.63) is 47.6 Å². The number of halogens is 1. The Bertz CT molecular complexity index is 869. The molecule has 0 fully saturated rings. The second-order valence-electron chi connectivity index (χ2n) is 7.95. The first-order valence-electron chi connectivity index (χ1n) is 8.59. The number of amides is 1. The van der Waals surface area contributed by atoms with E-state index in [1.165, 1.54) is 32.0 Å². The van der Waals surface area contributed by atoms with Crippen LogP contribution in [0.15, 0.2) is 39.8 Å². The molecule has 0 aliphatic rings. The normalized spacial score (nSPS) is 13.3. The molecule has 1 heterocycles. The summed E-state index contributed by atoms with van der Waals surface area (Å²) in [4.78, 5) is 24.9. The fourth-order valence-corrected chi connectivity index (χ4v) is 3.77. The summed E-state index contributed by atoms with van der Waals surface area (Å²) < 4.78 is 37.7. The third kappa shape index (κ3) is 4.43. The van der Waals surface area contributed by atoms with Crippen LogP contribution in [0.3, 0.4) is 0 Å². The number of Topliss-reactive ketones (excluding diaryl/α,β-unsaturated/α-hetero) is 1. The number of aromatic nitrogens is 1. The molecule has 0 saturated heterocycles. The molecule has 0 unspecified atom stereocenters. The van der Waals surface area contributed by atoms with Crippen LogP contribution in [-0.2, 0) is 10.2 Å². The van der Waals surface area contributed by atoms with E-state index in [-0.39, 0.29) is 16.1 Å². The van der Waals surface area contributed by atoms with Gasteiger partial charge in [0.05, 0.1) is 17.1 Å². The molecule has 0 saturated carbocycles. The predicted octanol–water partition coefficient (Wildman–Crippen LogP) is 4.00. The van der Waals surface area contributed by atoms with Gasteiger partial charge in [-0.3, -0.25) is 18.7 Å². The van der Waals surface area contributed by atoms with Crippen LogP contribution in [-0.4, -0.2) is 37.2 Å². The van der Waals surface area contributed by atoms with E-state index in [0.29, 0.717) is 5.69 Å². The van der Waals surface area contributed by atoms with Gasteiger partial charge in [-0.1, -0.05) is 25.9 Å². The van der Waals surface area contributed by atoms with Crippen LogP contribution in [0.2, 0.25) is 0 Å². The van der Waals surface area contributed by atoms with Crippen LogP contribution in [0.25, 0.3) is 0 Å². The van der Waals surface area contributed by atoms with Gasteiger partial charge in [0.15, 0.2) is 5.78 Å². The van der Waals surface area contributed by atoms with Gasteiger partial charge in [0.1, 0.15) is 10.6 Å². The van der Waals surface area contributed by atoms with Gasteiger partial charge in [0.25, 0.3) is 5.91 Å². The van der Waals surface area contributed by atoms with E-state index in [9.17, 15) is 23.1 Å². The number of rotatable bonds is 6. The molecule has 0 atom stereocenters. The Balaban J connectivity index is 2.09. The minimum atomic E-state index is -3.59. The Hall–Kier alpha value is -2.23. The van der Waals surface area contributed by atoms with Crippen molar-refractivity contribution in [3.8, 4) is 0 Å². The molecule has 2 aromatic rings. The summed E-state index contributed by atoms with van der Waals surface area (Å²) in [6.45, 7) is 8.05. The van der Waals surface area contributed by atoms with Crippen molar-refractivity contribution in [2.45, 2.75) is 49.7 Å². The third-order valence-corrected chi connectivity index (χ3v) is 7.02. The van der Waals surface area contributed by atoms with E-state index >= 15 is 0 Å². The largest absolute Gasteiger partial charge is 0.351 e. The minimum absolute atomic E-state index is 0.0410. The van der Waals surface area contributed by atoms with Gasteiger partial charge in [0, 0.05) is 11.5 Å². The molecule has 1 aromatic heterocycles. The second kappa shape index (κ2) is 7.65. The molecule has 0 aliphatic carbocycles. The Morgan fingerprint density at radius 2 is 1.71 bits per heavy atom. The van der Waals surface area contributed by atoms with Gasteiger partial charge in [0.2, 0.25) is 5.76 Å². The number of nitrogens with one attached hydrogen (secondary N) is 1. The summed E-state index contributed by atoms with van der Waals surface area (Å²) in [6.07, 6.45) is 0. The molecule has 9 heteroatoms. The molecule has 7 nitrogen and oxygen atoms in total. The standard InChI is InChI=1S/C19H25FN2O5S/c1-18(2,3)15-10-14(27-22-15)17(24)21-11-16(23)19(4,5)28(25,26)13-8-6-12(20)7-9-13/h6-10,25-26H,11H2,1-5H3,(H,21,24). The average Bonchev–Trinajstić information content (AvgIpc) is 3.10. The summed E-state index contributed by atoms with van der Waals surface area (Å²) in [7, 11) is -3.59. The zero-order chi connectivity index (χ0) is 21.3. The Labute approximate surface area is 164 Å². The zero-order valence-corrected chi connectivity index (χ0v) is 17.3. The fourth-order valence-electron chi connectivity index (χ4n) is 2.27. The Morgan fingerprint density at radius 3 is 2.21 bits per heavy atom. The first-order chi connectivity index (χ1) is 12.8. The van der Waals surface area contributed by atoms with E-state index < -0.39 is 39.4 Å². The quantitative estimate of drug-likeness (QED) is 0.661. The van der Waals surface area contributed by atoms with E-state index in [2.05, 4.69) is 10.5 Å². The van der Waals surface area contributed by atoms with Gasteiger partial charge in [-0.25, -0.2) is 4.39 Å². The second-order valence-corrected chi connectivity index (χ2v) is 10.5. The number of carbonyl (C=O) groups excluding carboxylic acids is 2. The van der Waals surface area contributed by atoms with Crippen molar-refractivity contribution < 1.29 is 27.6 Å². The van der Waals surface area contributed by atoms with E-state index in [1.54, 1.807) is 0 Å². The van der Waals surface area contributed by atoms with Crippen LogP contribution in [0.5, 0.6) is 0 Å². The van der Waals surface area contributed by atoms with Crippen molar-refractivity contribution >= 4 is 22.3 Å². The maximum absolute atomic E-state index is 13.1. The lowest BCUT2D eigenvalue weighted by atomic mass is 9.92. The molecular formula is C19H25FN2O5S. The number of ketones is 1. The first kappa shape index (κ1) is 22.1. The first-order valence-corrected chi connectivity index (χ1v) is 10.1. The fraction of sp³-hybridized carbons (Fsp3) is 0.421. The van der Waals surface area contributed by atoms with E-state index in [1.807, 2.05) is 20.8 Å². The van der Waals surface area contributed by atoms with Gasteiger partial charge in [-0.2, -0.15) is 10.6 Å². The van der Waals surface area contributed by atoms with Crippen LogP contribution in [0.4, 0.5) is 4.39 Å². The third-order valence-electron chi connectivity index (χ3n) is 4.44. The molecule has 0 aliphatic heterocycles. The highest BCUT2D eigenvalue weighted by atomic mass is 32.3. The van der Waals surface area contributed by atoms with Crippen molar-refractivity contribution in [1.82, 2.24) is 10.5 Å². The van der Waals surface area contributed by atoms with Crippen molar-refractivity contribution in [1.29, 1.82) is 0 Å². The number of nitrogens with zero attached hydrogens (tertiary/aromatic N) is 1. The lowest BCUT2D eigenvalue weighted by molar-refractivity contribution is -0.120. The molecule has 0 spiro atoms. The van der Waals surface area contributed by atoms with E-state index in [4.69, 9.17) is 4.52 Å². The number of hydrogen-bond acceptors (Lipinski definition) is 6. The minimum Gasteiger partial charge on any atom is -0.351 e. The van der Waals surface area contributed by atoms with Gasteiger partial charge in [-0.15, -0.1) is 0 Å². The van der Waals surface area contributed by atoms with Crippen molar-refractivity contribution in [2.75, 3.05) is 6.54 Å². The molecule has 1 amide bonds. The lowest BCUT2D eigenvalue weighted by Gasteiger charge is -2.45. The Morgan fingerprint density at radius 1 is 1.14 bits per heavy atom. The summed E-state index contributed by atoms with van der Waals surface area (Å²) >= 11 is 0. The molecular weight excluding hydrogens is 387 g/mol. The molecule has 3 N–H and O–H groups in total. The Kier molecular flexibility index (Phi) is 6.03. The van der Waals surface area contributed by atoms with Crippen LogP contribution < -0.4 is 5.32 Å². The van der Waals surface area contributed by atoms with Crippen LogP contribution >= 0.6 is 10.6 Å². The maximum atomic E-state index is 13.1. The van der Waals surface area contributed by atoms with Gasteiger partial charge in [-0.05, 0) is 38.1 Å². The summed E-state index contributed by atoms with van der Waals surface area (Å²) in [6, 6.07) is 6.11. The topological polar surface area (TPSA) is 113 Å². The highest BCUT2D eigenvalue weighted by Crippen LogP contribution is 2.59. The van der Waals surface area contributed by atoms with Crippen LogP contribution in [0.1, 0.15) is 50.9 Å². The van der Waals surface area contributed by atoms with Crippen molar-refractivity contribution in [2.24, 2.45) is 0 Å². The summed E-state index contributed by atoms with van der Waals surface area (Å²) in [5.74, 6) is -1.80. The average molecular weight is 412 g/mol. The monoisotopic (exact) mass is 412 g/mol. The maximum Gasteiger partial charge on any atom is 0.290 e. The molecule has 0 radical (unpaired) electrons. The molecule has 154 valence electrons. The molecule has 1 aromatic carbocycles. The highest BCUT2D eigenvalue weighted by Gasteiger charge is 2.42. The molecule has 28 heavy (non-hydrogen) atoms. The SMILES string of the molecule is CC(C)(C)c1cc(C(=O)NCC(=O)C(C)(C)S(O)(O)c2ccc(F)cc2)on1. The number of carbonyl (C=O) groups is 2. The highest BCUT2D eigenvalue weighted by molar-refractivity contribution is 8.26.